The number of carboxylic acid groups (broad SMARTS) is 3. The summed E-state index contributed by atoms with van der Waals surface area (Å²) in [6, 6.07) is -5.68. The van der Waals surface area contributed by atoms with Crippen LogP contribution in [-0.2, 0) is 33.6 Å². The fourth-order valence-corrected chi connectivity index (χ4v) is 3.09. The van der Waals surface area contributed by atoms with Crippen LogP contribution in [0.15, 0.2) is 4.99 Å². The zero-order valence-electron chi connectivity index (χ0n) is 21.1. The molecule has 0 rings (SSSR count). The minimum absolute atomic E-state index is 0.0453. The number of primary amides is 1. The van der Waals surface area contributed by atoms with E-state index in [0.29, 0.717) is 0 Å². The highest BCUT2D eigenvalue weighted by molar-refractivity contribution is 5.94. The van der Waals surface area contributed by atoms with Crippen LogP contribution >= 0.6 is 0 Å². The lowest BCUT2D eigenvalue weighted by molar-refractivity contribution is -0.143. The van der Waals surface area contributed by atoms with Crippen molar-refractivity contribution in [1.82, 2.24) is 16.0 Å². The number of rotatable bonds is 20. The number of guanidine groups is 1. The van der Waals surface area contributed by atoms with Crippen molar-refractivity contribution in [3.8, 4) is 0 Å². The molecule has 0 aromatic rings. The monoisotopic (exact) mass is 560 g/mol. The molecule has 0 fully saturated rings. The molecule has 0 aliphatic carbocycles. The first-order valence-corrected chi connectivity index (χ1v) is 11.8. The maximum absolute atomic E-state index is 13.0. The van der Waals surface area contributed by atoms with E-state index in [-0.39, 0.29) is 44.6 Å². The average molecular weight is 561 g/mol. The molecule has 39 heavy (non-hydrogen) atoms. The van der Waals surface area contributed by atoms with Gasteiger partial charge in [0.15, 0.2) is 5.96 Å². The zero-order valence-corrected chi connectivity index (χ0v) is 21.1. The van der Waals surface area contributed by atoms with Gasteiger partial charge in [-0.2, -0.15) is 0 Å². The smallest absolute Gasteiger partial charge is 0.326 e. The molecule has 14 N–H and O–H groups in total. The van der Waals surface area contributed by atoms with Crippen molar-refractivity contribution in [2.45, 2.75) is 75.5 Å². The molecular formula is C21H36N8O10. The molecule has 0 radical (unpaired) electrons. The Balaban J connectivity index is 5.72. The van der Waals surface area contributed by atoms with Crippen LogP contribution in [0.4, 0.5) is 0 Å². The minimum atomic E-state index is -1.58. The van der Waals surface area contributed by atoms with Crippen LogP contribution in [-0.4, -0.2) is 93.5 Å². The highest BCUT2D eigenvalue weighted by atomic mass is 16.4. The highest BCUT2D eigenvalue weighted by Gasteiger charge is 2.30. The third kappa shape index (κ3) is 16.1. The Morgan fingerprint density at radius 2 is 1.10 bits per heavy atom. The Bertz CT molecular complexity index is 938. The van der Waals surface area contributed by atoms with E-state index in [4.69, 9.17) is 33.1 Å². The normalized spacial score (nSPS) is 13.6. The van der Waals surface area contributed by atoms with Crippen molar-refractivity contribution < 1.29 is 48.9 Å². The van der Waals surface area contributed by atoms with E-state index in [0.717, 1.165) is 0 Å². The van der Waals surface area contributed by atoms with Gasteiger partial charge in [0.2, 0.25) is 23.6 Å². The molecule has 0 saturated carbocycles. The summed E-state index contributed by atoms with van der Waals surface area (Å²) in [5, 5.41) is 33.7. The van der Waals surface area contributed by atoms with Crippen molar-refractivity contribution in [3.05, 3.63) is 0 Å². The first-order valence-electron chi connectivity index (χ1n) is 11.8. The predicted molar refractivity (Wildman–Crippen MR) is 133 cm³/mol. The summed E-state index contributed by atoms with van der Waals surface area (Å²) >= 11 is 0. The maximum Gasteiger partial charge on any atom is 0.326 e. The molecule has 220 valence electrons. The second-order valence-corrected chi connectivity index (χ2v) is 8.45. The Hall–Kier alpha value is -4.48. The summed E-state index contributed by atoms with van der Waals surface area (Å²) in [4.78, 5) is 86.3. The highest BCUT2D eigenvalue weighted by Crippen LogP contribution is 2.06. The number of hydrogen-bond donors (Lipinski definition) is 10. The van der Waals surface area contributed by atoms with E-state index in [1.807, 2.05) is 0 Å². The van der Waals surface area contributed by atoms with Gasteiger partial charge in [-0.1, -0.05) is 0 Å². The van der Waals surface area contributed by atoms with Crippen molar-refractivity contribution in [2.24, 2.45) is 27.9 Å². The van der Waals surface area contributed by atoms with Crippen molar-refractivity contribution in [3.63, 3.8) is 0 Å². The van der Waals surface area contributed by atoms with Gasteiger partial charge in [0.25, 0.3) is 0 Å². The summed E-state index contributed by atoms with van der Waals surface area (Å²) in [5.41, 5.74) is 21.3. The summed E-state index contributed by atoms with van der Waals surface area (Å²) in [7, 11) is 0. The number of hydrogen-bond acceptors (Lipinski definition) is 9. The molecule has 0 aliphatic heterocycles. The topological polar surface area (TPSA) is 333 Å². The van der Waals surface area contributed by atoms with E-state index in [2.05, 4.69) is 20.9 Å². The summed E-state index contributed by atoms with van der Waals surface area (Å²) < 4.78 is 0. The van der Waals surface area contributed by atoms with Gasteiger partial charge in [-0.3, -0.25) is 33.8 Å². The summed E-state index contributed by atoms with van der Waals surface area (Å²) in [6.45, 7) is 0.0453. The van der Waals surface area contributed by atoms with Crippen molar-refractivity contribution in [2.75, 3.05) is 6.54 Å². The minimum Gasteiger partial charge on any atom is -0.481 e. The van der Waals surface area contributed by atoms with Crippen LogP contribution in [0.2, 0.25) is 0 Å². The van der Waals surface area contributed by atoms with Crippen LogP contribution in [0, 0.1) is 0 Å². The van der Waals surface area contributed by atoms with Gasteiger partial charge in [-0.05, 0) is 32.1 Å². The quantitative estimate of drug-likeness (QED) is 0.0385. The molecule has 0 aromatic heterocycles. The second-order valence-electron chi connectivity index (χ2n) is 8.45. The van der Waals surface area contributed by atoms with Crippen LogP contribution in [0.1, 0.15) is 51.4 Å². The van der Waals surface area contributed by atoms with E-state index < -0.39 is 85.0 Å². The first-order chi connectivity index (χ1) is 18.1. The molecule has 18 heteroatoms. The number of amides is 4. The Labute approximate surface area is 222 Å². The number of aliphatic carboxylic acids is 3. The Morgan fingerprint density at radius 1 is 0.641 bits per heavy atom. The number of aliphatic imine (C=N–C) groups is 1. The molecule has 4 unspecified atom stereocenters. The molecule has 0 saturated heterocycles. The van der Waals surface area contributed by atoms with Crippen LogP contribution < -0.4 is 38.9 Å². The summed E-state index contributed by atoms with van der Waals surface area (Å²) in [5.74, 6) is -7.82. The molecule has 18 nitrogen and oxygen atoms in total. The predicted octanol–water partition coefficient (Wildman–Crippen LogP) is -4.10. The Kier molecular flexibility index (Phi) is 15.8. The van der Waals surface area contributed by atoms with Gasteiger partial charge in [-0.15, -0.1) is 0 Å². The largest absolute Gasteiger partial charge is 0.481 e. The third-order valence-corrected chi connectivity index (χ3v) is 5.16. The average Bonchev–Trinajstić information content (AvgIpc) is 2.83. The van der Waals surface area contributed by atoms with Gasteiger partial charge >= 0.3 is 17.9 Å². The first kappa shape index (κ1) is 34.5. The lowest BCUT2D eigenvalue weighted by atomic mass is 10.0. The van der Waals surface area contributed by atoms with Gasteiger partial charge in [-0.25, -0.2) is 4.79 Å². The van der Waals surface area contributed by atoms with Crippen LogP contribution in [0.25, 0.3) is 0 Å². The Morgan fingerprint density at radius 3 is 1.59 bits per heavy atom. The van der Waals surface area contributed by atoms with Gasteiger partial charge in [0, 0.05) is 25.8 Å². The third-order valence-electron chi connectivity index (χ3n) is 5.16. The van der Waals surface area contributed by atoms with E-state index in [1.54, 1.807) is 0 Å². The second kappa shape index (κ2) is 17.9. The number of carboxylic acids is 3. The van der Waals surface area contributed by atoms with E-state index in [1.165, 1.54) is 0 Å². The molecule has 0 spiro atoms. The SMILES string of the molecule is NC(=O)CCC(NC(=O)C(N)CCC(=O)O)C(=O)NC(CCCN=C(N)N)C(=O)NC(CCC(=O)O)C(=O)O. The lowest BCUT2D eigenvalue weighted by Gasteiger charge is -2.25. The standard InChI is InChI=1S/C21H36N8O10/c22-10(3-7-15(31)32)17(35)27-12(4-6-14(23)30)19(37)28-11(2-1-9-26-21(24)25)18(36)29-13(20(38)39)5-8-16(33)34/h10-13H,1-9,22H2,(H2,23,30)(H,27,35)(H,28,37)(H,29,36)(H,31,32)(H,33,34)(H,38,39)(H4,24,25,26). The zero-order chi connectivity index (χ0) is 30.1. The van der Waals surface area contributed by atoms with Crippen molar-refractivity contribution in [1.29, 1.82) is 0 Å². The number of carbonyl (C=O) groups is 7. The van der Waals surface area contributed by atoms with Gasteiger partial charge < -0.3 is 54.2 Å². The van der Waals surface area contributed by atoms with Crippen LogP contribution in [0.3, 0.4) is 0 Å². The van der Waals surface area contributed by atoms with E-state index >= 15 is 0 Å². The number of carbonyl (C=O) groups excluding carboxylic acids is 4. The molecule has 0 aliphatic rings. The molecule has 4 amide bonds. The summed E-state index contributed by atoms with van der Waals surface area (Å²) in [6.07, 6.45) is -2.25. The van der Waals surface area contributed by atoms with Gasteiger partial charge in [0.05, 0.1) is 6.04 Å². The molecule has 4 atom stereocenters. The van der Waals surface area contributed by atoms with Crippen LogP contribution in [0.5, 0.6) is 0 Å². The lowest BCUT2D eigenvalue weighted by Crippen LogP contribution is -2.57. The molecular weight excluding hydrogens is 524 g/mol. The number of nitrogens with zero attached hydrogens (tertiary/aromatic N) is 1. The van der Waals surface area contributed by atoms with Gasteiger partial charge in [0.1, 0.15) is 18.1 Å². The van der Waals surface area contributed by atoms with Crippen molar-refractivity contribution >= 4 is 47.5 Å². The fraction of sp³-hybridized carbons (Fsp3) is 0.619. The van der Waals surface area contributed by atoms with E-state index in [9.17, 15) is 38.7 Å². The molecule has 0 aromatic carbocycles. The number of nitrogens with one attached hydrogen (secondary N) is 3. The number of nitrogens with two attached hydrogens (primary N) is 4. The molecule has 0 bridgehead atoms. The fourth-order valence-electron chi connectivity index (χ4n) is 3.09. The molecule has 0 heterocycles. The maximum atomic E-state index is 13.0.